The first-order valence-electron chi connectivity index (χ1n) is 13.0. The quantitative estimate of drug-likeness (QED) is 0.107. The number of phosphoric ester groups is 1. The number of aromatic amines is 1. The number of fused-ring (bicyclic) bond motifs is 2. The summed E-state index contributed by atoms with van der Waals surface area (Å²) in [6.07, 6.45) is -5.76. The molecule has 2 aliphatic heterocycles. The first-order valence-corrected chi connectivity index (χ1v) is 17.1. The summed E-state index contributed by atoms with van der Waals surface area (Å²) in [5.41, 5.74) is 5.87. The van der Waals surface area contributed by atoms with Gasteiger partial charge in [0.15, 0.2) is 35.1 Å². The van der Waals surface area contributed by atoms with Crippen LogP contribution in [0.1, 0.15) is 19.4 Å². The monoisotopic (exact) mass is 691 g/mol. The van der Waals surface area contributed by atoms with Crippen LogP contribution in [0.25, 0.3) is 22.3 Å². The SMILES string of the molecule is COP(O)(=S)O[C@@H]1C(COP(=O)(O)O[C@@H]2C(C)OC(n3cnc4c(=O)[nH]cnc43)[C@@H]2O)OC(n2cnc3c(N)ncnc32)[C@@H]1O. The van der Waals surface area contributed by atoms with E-state index in [1.807, 2.05) is 0 Å². The number of nitrogens with two attached hydrogens (primary N) is 1. The standard InChI is InChI=1S/C21H27N9O12P2S/c1-8-14(12(31)20(39-8)30-7-28-11-18(30)25-5-26-19(11)33)41-43(34,35)38-3-9-15(42-44(36,45)37-2)13(32)21(40-9)29-6-27-10-16(22)23-4-24-17(10)29/h4-9,12-15,20-21,31-32H,3H2,1-2H3,(H,34,35)(H,36,45)(H2,22,23,24)(H,25,26,33)/t8?,9?,12-,13-,14-,15-,20?,21?,44?/m1/s1. The number of anilines is 1. The maximum absolute atomic E-state index is 13.1. The molecular weight excluding hydrogens is 664 g/mol. The number of nitrogens with zero attached hydrogens (tertiary/aromatic N) is 7. The molecule has 6 unspecified atom stereocenters. The van der Waals surface area contributed by atoms with Crippen molar-refractivity contribution in [1.29, 1.82) is 0 Å². The van der Waals surface area contributed by atoms with Crippen LogP contribution in [-0.4, -0.2) is 109 Å². The second kappa shape index (κ2) is 12.1. The number of ether oxygens (including phenoxy) is 2. The third kappa shape index (κ3) is 6.05. The van der Waals surface area contributed by atoms with Gasteiger partial charge in [0.05, 0.1) is 31.7 Å². The van der Waals surface area contributed by atoms with Gasteiger partial charge in [-0.15, -0.1) is 0 Å². The summed E-state index contributed by atoms with van der Waals surface area (Å²) in [5, 5.41) is 22.1. The summed E-state index contributed by atoms with van der Waals surface area (Å²) in [4.78, 5) is 55.5. The molecule has 45 heavy (non-hydrogen) atoms. The molecule has 0 aromatic carbocycles. The zero-order valence-electron chi connectivity index (χ0n) is 23.2. The van der Waals surface area contributed by atoms with Gasteiger partial charge in [-0.25, -0.2) is 29.5 Å². The molecule has 0 saturated carbocycles. The van der Waals surface area contributed by atoms with Gasteiger partial charge in [0.25, 0.3) is 5.56 Å². The number of imidazole rings is 2. The first-order chi connectivity index (χ1) is 21.3. The van der Waals surface area contributed by atoms with Crippen LogP contribution in [0.5, 0.6) is 0 Å². The zero-order chi connectivity index (χ0) is 32.3. The molecule has 2 saturated heterocycles. The smallest absolute Gasteiger partial charge is 0.386 e. The highest BCUT2D eigenvalue weighted by Crippen LogP contribution is 2.51. The van der Waals surface area contributed by atoms with Gasteiger partial charge >= 0.3 is 14.5 Å². The van der Waals surface area contributed by atoms with E-state index >= 15 is 0 Å². The van der Waals surface area contributed by atoms with Crippen LogP contribution >= 0.6 is 14.5 Å². The highest BCUT2D eigenvalue weighted by molar-refractivity contribution is 8.07. The fraction of sp³-hybridized carbons (Fsp3) is 0.524. The van der Waals surface area contributed by atoms with Crippen molar-refractivity contribution in [2.75, 3.05) is 19.5 Å². The maximum Gasteiger partial charge on any atom is 0.472 e. The molecule has 24 heteroatoms. The van der Waals surface area contributed by atoms with Crippen LogP contribution in [0, 0.1) is 0 Å². The van der Waals surface area contributed by atoms with Crippen LogP contribution in [0.2, 0.25) is 0 Å². The van der Waals surface area contributed by atoms with Crippen molar-refractivity contribution in [3.05, 3.63) is 35.7 Å². The Morgan fingerprint density at radius 2 is 1.64 bits per heavy atom. The number of nitrogen functional groups attached to an aromatic ring is 1. The first kappa shape index (κ1) is 32.1. The molecule has 0 aliphatic carbocycles. The van der Waals surface area contributed by atoms with E-state index in [1.54, 1.807) is 0 Å². The van der Waals surface area contributed by atoms with Crippen molar-refractivity contribution in [3.8, 4) is 0 Å². The minimum absolute atomic E-state index is 0.00295. The Morgan fingerprint density at radius 1 is 1.00 bits per heavy atom. The van der Waals surface area contributed by atoms with Gasteiger partial charge in [-0.3, -0.25) is 27.5 Å². The average Bonchev–Trinajstić information content (AvgIpc) is 3.75. The molecular formula is C21H27N9O12P2S. The topological polar surface area (TPSA) is 287 Å². The summed E-state index contributed by atoms with van der Waals surface area (Å²) < 4.78 is 48.2. The van der Waals surface area contributed by atoms with Gasteiger partial charge in [0.1, 0.15) is 42.4 Å². The molecule has 0 bridgehead atoms. The van der Waals surface area contributed by atoms with Crippen molar-refractivity contribution in [2.24, 2.45) is 0 Å². The number of aliphatic hydroxyl groups excluding tert-OH is 2. The minimum Gasteiger partial charge on any atom is -0.386 e. The third-order valence-electron chi connectivity index (χ3n) is 7.20. The fourth-order valence-corrected chi connectivity index (χ4v) is 7.02. The number of phosphoric acid groups is 1. The van der Waals surface area contributed by atoms with E-state index < -0.39 is 75.8 Å². The Balaban J connectivity index is 1.18. The predicted molar refractivity (Wildman–Crippen MR) is 152 cm³/mol. The average molecular weight is 692 g/mol. The minimum atomic E-state index is -4.98. The molecule has 4 aromatic rings. The molecule has 2 fully saturated rings. The molecule has 6 rings (SSSR count). The Kier molecular flexibility index (Phi) is 8.63. The number of hydrogen-bond donors (Lipinski definition) is 6. The van der Waals surface area contributed by atoms with Gasteiger partial charge in [-0.05, 0) is 18.7 Å². The number of hydrogen-bond acceptors (Lipinski definition) is 17. The van der Waals surface area contributed by atoms with E-state index in [-0.39, 0.29) is 28.1 Å². The van der Waals surface area contributed by atoms with Gasteiger partial charge in [-0.2, -0.15) is 0 Å². The summed E-state index contributed by atoms with van der Waals surface area (Å²) >= 11 is 4.94. The lowest BCUT2D eigenvalue weighted by atomic mass is 10.1. The number of nitrogens with one attached hydrogen (secondary N) is 1. The third-order valence-corrected chi connectivity index (χ3v) is 9.86. The van der Waals surface area contributed by atoms with Crippen LogP contribution < -0.4 is 11.3 Å². The molecule has 6 heterocycles. The van der Waals surface area contributed by atoms with E-state index in [9.17, 15) is 29.4 Å². The highest BCUT2D eigenvalue weighted by Gasteiger charge is 2.51. The van der Waals surface area contributed by atoms with E-state index in [0.717, 1.165) is 13.4 Å². The summed E-state index contributed by atoms with van der Waals surface area (Å²) in [6, 6.07) is 0. The van der Waals surface area contributed by atoms with Crippen molar-refractivity contribution in [1.82, 2.24) is 39.0 Å². The Labute approximate surface area is 256 Å². The number of aliphatic hydroxyl groups is 2. The molecule has 0 spiro atoms. The van der Waals surface area contributed by atoms with E-state index in [4.69, 9.17) is 45.1 Å². The maximum atomic E-state index is 13.1. The van der Waals surface area contributed by atoms with Crippen molar-refractivity contribution in [3.63, 3.8) is 0 Å². The van der Waals surface area contributed by atoms with E-state index in [1.165, 1.54) is 35.0 Å². The second-order valence-electron chi connectivity index (χ2n) is 9.97. The summed E-state index contributed by atoms with van der Waals surface area (Å²) in [5.74, 6) is 0.0724. The molecule has 10 atom stereocenters. The Morgan fingerprint density at radius 3 is 2.36 bits per heavy atom. The Bertz CT molecular complexity index is 1870. The van der Waals surface area contributed by atoms with E-state index in [0.29, 0.717) is 0 Å². The largest absolute Gasteiger partial charge is 0.472 e. The Hall–Kier alpha value is -2.82. The molecule has 244 valence electrons. The summed E-state index contributed by atoms with van der Waals surface area (Å²) in [7, 11) is -3.87. The lowest BCUT2D eigenvalue weighted by Crippen LogP contribution is -2.36. The zero-order valence-corrected chi connectivity index (χ0v) is 25.8. The predicted octanol–water partition coefficient (Wildman–Crippen LogP) is -1.17. The lowest BCUT2D eigenvalue weighted by molar-refractivity contribution is -0.0547. The second-order valence-corrected chi connectivity index (χ2v) is 14.3. The molecule has 4 aromatic heterocycles. The van der Waals surface area contributed by atoms with Crippen molar-refractivity contribution < 1.29 is 52.1 Å². The summed E-state index contributed by atoms with van der Waals surface area (Å²) in [6.45, 7) is -3.13. The molecule has 0 radical (unpaired) electrons. The van der Waals surface area contributed by atoms with E-state index in [2.05, 4.69) is 29.9 Å². The fourth-order valence-electron chi connectivity index (χ4n) is 5.06. The molecule has 0 amide bonds. The van der Waals surface area contributed by atoms with Gasteiger partial charge in [0.2, 0.25) is 0 Å². The highest BCUT2D eigenvalue weighted by atomic mass is 32.5. The van der Waals surface area contributed by atoms with Gasteiger partial charge in [-0.1, -0.05) is 0 Å². The molecule has 7 N–H and O–H groups in total. The van der Waals surface area contributed by atoms with Crippen LogP contribution in [0.3, 0.4) is 0 Å². The van der Waals surface area contributed by atoms with Gasteiger partial charge in [0, 0.05) is 7.11 Å². The number of H-pyrrole nitrogens is 1. The van der Waals surface area contributed by atoms with Gasteiger partial charge < -0.3 is 44.7 Å². The van der Waals surface area contributed by atoms with Crippen molar-refractivity contribution >= 4 is 54.5 Å². The lowest BCUT2D eigenvalue weighted by Gasteiger charge is -2.25. The van der Waals surface area contributed by atoms with Crippen LogP contribution in [0.4, 0.5) is 5.82 Å². The van der Waals surface area contributed by atoms with Crippen LogP contribution in [0.15, 0.2) is 30.1 Å². The molecule has 21 nitrogen and oxygen atoms in total. The van der Waals surface area contributed by atoms with Crippen LogP contribution in [-0.2, 0) is 43.9 Å². The normalized spacial score (nSPS) is 31.4. The molecule has 2 aliphatic rings. The van der Waals surface area contributed by atoms with Crippen molar-refractivity contribution in [2.45, 2.75) is 56.0 Å². The number of rotatable bonds is 10. The number of aromatic nitrogens is 8.